The lowest BCUT2D eigenvalue weighted by Gasteiger charge is -2.12. The highest BCUT2D eigenvalue weighted by Crippen LogP contribution is 2.25. The first-order valence-electron chi connectivity index (χ1n) is 8.04. The van der Waals surface area contributed by atoms with E-state index in [2.05, 4.69) is 15.3 Å². The number of hydrogen-bond acceptors (Lipinski definition) is 5. The van der Waals surface area contributed by atoms with Crippen LogP contribution >= 0.6 is 0 Å². The van der Waals surface area contributed by atoms with E-state index in [-0.39, 0.29) is 23.7 Å². The van der Waals surface area contributed by atoms with Crippen LogP contribution in [0.2, 0.25) is 0 Å². The number of nitrogens with one attached hydrogen (secondary N) is 1. The molecular weight excluding hydrogens is 337 g/mol. The zero-order chi connectivity index (χ0) is 18.5. The molecular formula is C19H18FN3O3. The zero-order valence-corrected chi connectivity index (χ0v) is 14.5. The van der Waals surface area contributed by atoms with Crippen LogP contribution < -0.4 is 10.1 Å². The van der Waals surface area contributed by atoms with Crippen LogP contribution in [0, 0.1) is 12.7 Å². The number of benzene rings is 1. The zero-order valence-electron chi connectivity index (χ0n) is 14.5. The Morgan fingerprint density at radius 3 is 2.85 bits per heavy atom. The fourth-order valence-electron chi connectivity index (χ4n) is 2.46. The molecule has 0 aliphatic heterocycles. The van der Waals surface area contributed by atoms with Crippen molar-refractivity contribution in [3.8, 4) is 5.75 Å². The largest absolute Gasteiger partial charge is 0.488 e. The number of carbonyl (C=O) groups excluding carboxylic acids is 1. The van der Waals surface area contributed by atoms with Gasteiger partial charge < -0.3 is 14.8 Å². The molecule has 26 heavy (non-hydrogen) atoms. The van der Waals surface area contributed by atoms with Gasteiger partial charge in [-0.05, 0) is 42.8 Å². The van der Waals surface area contributed by atoms with Gasteiger partial charge in [0.15, 0.2) is 11.6 Å². The van der Waals surface area contributed by atoms with Crippen molar-refractivity contribution < 1.29 is 18.7 Å². The lowest BCUT2D eigenvalue weighted by atomic mass is 10.1. The fourth-order valence-corrected chi connectivity index (χ4v) is 2.46. The standard InChI is InChI=1S/C19H18FN3O3/c1-12-11-15-13(6-4-8-21-15)22-18(12)19(24)23-14-5-3-7-16(17(14)20)26-10-9-25-2/h3-8,11H,9-10H2,1-2H3,(H,23,24). The number of fused-ring (bicyclic) bond motifs is 1. The number of amides is 1. The van der Waals surface area contributed by atoms with Crippen molar-refractivity contribution in [2.45, 2.75) is 6.92 Å². The van der Waals surface area contributed by atoms with Crippen molar-refractivity contribution >= 4 is 22.6 Å². The monoisotopic (exact) mass is 355 g/mol. The van der Waals surface area contributed by atoms with Crippen molar-refractivity contribution in [1.82, 2.24) is 9.97 Å². The second kappa shape index (κ2) is 7.88. The van der Waals surface area contributed by atoms with E-state index in [1.54, 1.807) is 37.4 Å². The maximum absolute atomic E-state index is 14.5. The van der Waals surface area contributed by atoms with Gasteiger partial charge in [0.2, 0.25) is 0 Å². The molecule has 0 aliphatic rings. The Morgan fingerprint density at radius 2 is 2.04 bits per heavy atom. The number of pyridine rings is 2. The van der Waals surface area contributed by atoms with Crippen LogP contribution in [0.1, 0.15) is 16.1 Å². The van der Waals surface area contributed by atoms with Crippen LogP contribution in [0.3, 0.4) is 0 Å². The molecule has 2 aromatic heterocycles. The van der Waals surface area contributed by atoms with E-state index in [0.717, 1.165) is 0 Å². The van der Waals surface area contributed by atoms with Crippen LogP contribution in [0.25, 0.3) is 11.0 Å². The predicted octanol–water partition coefficient (Wildman–Crippen LogP) is 3.35. The third-order valence-corrected chi connectivity index (χ3v) is 3.75. The summed E-state index contributed by atoms with van der Waals surface area (Å²) in [6, 6.07) is 9.85. The second-order valence-electron chi connectivity index (χ2n) is 5.61. The fraction of sp³-hybridized carbons (Fsp3) is 0.211. The van der Waals surface area contributed by atoms with Crippen molar-refractivity contribution in [2.75, 3.05) is 25.6 Å². The quantitative estimate of drug-likeness (QED) is 0.687. The highest BCUT2D eigenvalue weighted by molar-refractivity contribution is 6.05. The molecule has 0 atom stereocenters. The van der Waals surface area contributed by atoms with Crippen molar-refractivity contribution in [3.63, 3.8) is 0 Å². The van der Waals surface area contributed by atoms with Gasteiger partial charge >= 0.3 is 0 Å². The number of ether oxygens (including phenoxy) is 2. The highest BCUT2D eigenvalue weighted by Gasteiger charge is 2.16. The predicted molar refractivity (Wildman–Crippen MR) is 96.0 cm³/mol. The topological polar surface area (TPSA) is 73.3 Å². The van der Waals surface area contributed by atoms with Crippen molar-refractivity contribution in [3.05, 3.63) is 59.7 Å². The Bertz CT molecular complexity index is 946. The molecule has 7 heteroatoms. The molecule has 6 nitrogen and oxygen atoms in total. The van der Waals surface area contributed by atoms with Crippen molar-refractivity contribution in [1.29, 1.82) is 0 Å². The molecule has 1 N–H and O–H groups in total. The first-order chi connectivity index (χ1) is 12.6. The summed E-state index contributed by atoms with van der Waals surface area (Å²) < 4.78 is 24.7. The normalized spacial score (nSPS) is 10.7. The minimum absolute atomic E-state index is 0.0254. The molecule has 3 aromatic rings. The highest BCUT2D eigenvalue weighted by atomic mass is 19.1. The average Bonchev–Trinajstić information content (AvgIpc) is 2.64. The third kappa shape index (κ3) is 3.78. The summed E-state index contributed by atoms with van der Waals surface area (Å²) in [5.41, 5.74) is 2.19. The lowest BCUT2D eigenvalue weighted by molar-refractivity contribution is 0.102. The molecule has 0 spiro atoms. The molecule has 0 saturated heterocycles. The molecule has 134 valence electrons. The van der Waals surface area contributed by atoms with Gasteiger partial charge in [-0.3, -0.25) is 9.78 Å². The van der Waals surface area contributed by atoms with Gasteiger partial charge in [-0.15, -0.1) is 0 Å². The summed E-state index contributed by atoms with van der Waals surface area (Å²) >= 11 is 0. The van der Waals surface area contributed by atoms with Crippen molar-refractivity contribution in [2.24, 2.45) is 0 Å². The Labute approximate surface area is 150 Å². The number of rotatable bonds is 6. The Balaban J connectivity index is 1.84. The molecule has 1 amide bonds. The van der Waals surface area contributed by atoms with Gasteiger partial charge in [0.1, 0.15) is 12.3 Å². The van der Waals surface area contributed by atoms with Crippen LogP contribution in [0.4, 0.5) is 10.1 Å². The van der Waals surface area contributed by atoms with Gasteiger partial charge in [-0.25, -0.2) is 9.37 Å². The summed E-state index contributed by atoms with van der Waals surface area (Å²) in [5, 5.41) is 2.55. The number of carbonyl (C=O) groups is 1. The van der Waals surface area contributed by atoms with Gasteiger partial charge in [0, 0.05) is 13.3 Å². The van der Waals surface area contributed by atoms with E-state index in [0.29, 0.717) is 23.2 Å². The summed E-state index contributed by atoms with van der Waals surface area (Å²) in [6.45, 7) is 2.31. The number of nitrogens with zero attached hydrogens (tertiary/aromatic N) is 2. The van der Waals surface area contributed by atoms with Gasteiger partial charge in [-0.1, -0.05) is 6.07 Å². The number of aryl methyl sites for hydroxylation is 1. The Kier molecular flexibility index (Phi) is 5.38. The Morgan fingerprint density at radius 1 is 1.19 bits per heavy atom. The molecule has 3 rings (SSSR count). The maximum atomic E-state index is 14.5. The number of methoxy groups -OCH3 is 1. The van der Waals surface area contributed by atoms with Gasteiger partial charge in [0.25, 0.3) is 5.91 Å². The molecule has 0 unspecified atom stereocenters. The van der Waals surface area contributed by atoms with E-state index in [1.807, 2.05) is 0 Å². The molecule has 0 bridgehead atoms. The summed E-state index contributed by atoms with van der Waals surface area (Å²) in [5.74, 6) is -1.09. The molecule has 0 radical (unpaired) electrons. The SMILES string of the molecule is COCCOc1cccc(NC(=O)c2nc3cccnc3cc2C)c1F. The molecule has 0 aliphatic carbocycles. The van der Waals surface area contributed by atoms with Crippen LogP contribution in [-0.4, -0.2) is 36.2 Å². The van der Waals surface area contributed by atoms with E-state index >= 15 is 0 Å². The maximum Gasteiger partial charge on any atom is 0.274 e. The molecule has 0 saturated carbocycles. The first kappa shape index (κ1) is 17.8. The van der Waals surface area contributed by atoms with E-state index in [9.17, 15) is 9.18 Å². The molecule has 2 heterocycles. The van der Waals surface area contributed by atoms with Crippen LogP contribution in [0.5, 0.6) is 5.75 Å². The summed E-state index contributed by atoms with van der Waals surface area (Å²) in [7, 11) is 1.53. The smallest absolute Gasteiger partial charge is 0.274 e. The lowest BCUT2D eigenvalue weighted by Crippen LogP contribution is -2.17. The van der Waals surface area contributed by atoms with E-state index < -0.39 is 11.7 Å². The van der Waals surface area contributed by atoms with Gasteiger partial charge in [-0.2, -0.15) is 0 Å². The van der Waals surface area contributed by atoms with E-state index in [1.165, 1.54) is 19.2 Å². The molecule has 0 fully saturated rings. The number of halogens is 1. The van der Waals surface area contributed by atoms with E-state index in [4.69, 9.17) is 9.47 Å². The summed E-state index contributed by atoms with van der Waals surface area (Å²) in [4.78, 5) is 21.1. The summed E-state index contributed by atoms with van der Waals surface area (Å²) in [6.07, 6.45) is 1.66. The van der Waals surface area contributed by atoms with Crippen LogP contribution in [-0.2, 0) is 4.74 Å². The van der Waals surface area contributed by atoms with Gasteiger partial charge in [0.05, 0.1) is 23.3 Å². The number of anilines is 1. The second-order valence-corrected chi connectivity index (χ2v) is 5.61. The number of aromatic nitrogens is 2. The number of hydrogen-bond donors (Lipinski definition) is 1. The molecule has 1 aromatic carbocycles. The average molecular weight is 355 g/mol. The van der Waals surface area contributed by atoms with Crippen LogP contribution in [0.15, 0.2) is 42.6 Å². The first-order valence-corrected chi connectivity index (χ1v) is 8.04. The minimum atomic E-state index is -0.642. The minimum Gasteiger partial charge on any atom is -0.488 e. The Hall–Kier alpha value is -3.06. The third-order valence-electron chi connectivity index (χ3n) is 3.75.